The third-order valence-corrected chi connectivity index (χ3v) is 4.37. The second kappa shape index (κ2) is 4.63. The SMILES string of the molecule is CS(=O)(=O)C(Cl)C(=O)c1ccc(Br)cc1. The van der Waals surface area contributed by atoms with Crippen molar-refractivity contribution in [2.24, 2.45) is 0 Å². The fourth-order valence-electron chi connectivity index (χ4n) is 0.940. The molecule has 0 aliphatic rings. The van der Waals surface area contributed by atoms with Crippen LogP contribution >= 0.6 is 27.5 Å². The highest BCUT2D eigenvalue weighted by molar-refractivity contribution is 9.10. The van der Waals surface area contributed by atoms with Gasteiger partial charge in [0.25, 0.3) is 0 Å². The van der Waals surface area contributed by atoms with Gasteiger partial charge in [0, 0.05) is 16.3 Å². The molecule has 0 fully saturated rings. The summed E-state index contributed by atoms with van der Waals surface area (Å²) in [6, 6.07) is 6.35. The van der Waals surface area contributed by atoms with Gasteiger partial charge in [-0.15, -0.1) is 0 Å². The van der Waals surface area contributed by atoms with Crippen molar-refractivity contribution in [2.45, 2.75) is 4.71 Å². The van der Waals surface area contributed by atoms with E-state index in [4.69, 9.17) is 11.6 Å². The molecule has 0 saturated carbocycles. The van der Waals surface area contributed by atoms with Crippen LogP contribution in [0, 0.1) is 0 Å². The first-order chi connectivity index (χ1) is 6.82. The van der Waals surface area contributed by atoms with E-state index in [-0.39, 0.29) is 5.56 Å². The quantitative estimate of drug-likeness (QED) is 0.635. The maximum atomic E-state index is 11.6. The zero-order valence-corrected chi connectivity index (χ0v) is 10.9. The van der Waals surface area contributed by atoms with E-state index in [1.54, 1.807) is 12.1 Å². The lowest BCUT2D eigenvalue weighted by Gasteiger charge is -2.05. The molecule has 0 spiro atoms. The molecule has 0 N–H and O–H groups in total. The van der Waals surface area contributed by atoms with E-state index in [9.17, 15) is 13.2 Å². The van der Waals surface area contributed by atoms with Gasteiger partial charge in [-0.25, -0.2) is 8.42 Å². The van der Waals surface area contributed by atoms with E-state index < -0.39 is 20.3 Å². The molecule has 0 amide bonds. The lowest BCUT2D eigenvalue weighted by atomic mass is 10.1. The normalized spacial score (nSPS) is 13.5. The fraction of sp³-hybridized carbons (Fsp3) is 0.222. The van der Waals surface area contributed by atoms with Crippen molar-refractivity contribution in [1.82, 2.24) is 0 Å². The summed E-state index contributed by atoms with van der Waals surface area (Å²) in [5.41, 5.74) is 0.281. The molecule has 0 aromatic heterocycles. The number of Topliss-reactive ketones (excluding diaryl/α,β-unsaturated/α-hetero) is 1. The number of carbonyl (C=O) groups excluding carboxylic acids is 1. The highest BCUT2D eigenvalue weighted by Crippen LogP contribution is 2.16. The minimum absolute atomic E-state index is 0.281. The maximum absolute atomic E-state index is 11.6. The highest BCUT2D eigenvalue weighted by atomic mass is 79.9. The summed E-state index contributed by atoms with van der Waals surface area (Å²) in [7, 11) is -3.56. The Morgan fingerprint density at radius 1 is 1.33 bits per heavy atom. The topological polar surface area (TPSA) is 51.2 Å². The molecule has 15 heavy (non-hydrogen) atoms. The number of rotatable bonds is 3. The highest BCUT2D eigenvalue weighted by Gasteiger charge is 2.26. The lowest BCUT2D eigenvalue weighted by molar-refractivity contribution is 0.101. The van der Waals surface area contributed by atoms with Gasteiger partial charge in [0.05, 0.1) is 0 Å². The Hall–Kier alpha value is -0.390. The first-order valence-corrected chi connectivity index (χ1v) is 7.13. The van der Waals surface area contributed by atoms with Crippen molar-refractivity contribution in [3.63, 3.8) is 0 Å². The van der Waals surface area contributed by atoms with E-state index in [0.29, 0.717) is 0 Å². The van der Waals surface area contributed by atoms with Crippen LogP contribution in [0.5, 0.6) is 0 Å². The number of ketones is 1. The number of hydrogen-bond donors (Lipinski definition) is 0. The van der Waals surface area contributed by atoms with Crippen LogP contribution < -0.4 is 0 Å². The Bertz CT molecular complexity index is 467. The summed E-state index contributed by atoms with van der Waals surface area (Å²) in [6.45, 7) is 0. The van der Waals surface area contributed by atoms with Gasteiger partial charge in [-0.2, -0.15) is 0 Å². The molecular formula is C9H8BrClO3S. The molecule has 1 aromatic carbocycles. The third kappa shape index (κ3) is 3.29. The third-order valence-electron chi connectivity index (χ3n) is 1.71. The molecular weight excluding hydrogens is 304 g/mol. The average molecular weight is 312 g/mol. The van der Waals surface area contributed by atoms with Gasteiger partial charge in [-0.3, -0.25) is 4.79 Å². The summed E-state index contributed by atoms with van der Waals surface area (Å²) < 4.78 is 21.4. The molecule has 0 aliphatic heterocycles. The summed E-state index contributed by atoms with van der Waals surface area (Å²) in [5.74, 6) is -0.605. The number of sulfone groups is 1. The van der Waals surface area contributed by atoms with Crippen LogP contribution in [0.1, 0.15) is 10.4 Å². The van der Waals surface area contributed by atoms with Gasteiger partial charge in [-0.05, 0) is 12.1 Å². The van der Waals surface area contributed by atoms with Crippen molar-refractivity contribution < 1.29 is 13.2 Å². The Morgan fingerprint density at radius 2 is 1.80 bits per heavy atom. The monoisotopic (exact) mass is 310 g/mol. The van der Waals surface area contributed by atoms with Crippen molar-refractivity contribution >= 4 is 43.2 Å². The van der Waals surface area contributed by atoms with Crippen LogP contribution in [0.3, 0.4) is 0 Å². The predicted octanol–water partition coefficient (Wildman–Crippen LogP) is 2.24. The first kappa shape index (κ1) is 12.7. The Kier molecular flexibility index (Phi) is 3.92. The molecule has 0 heterocycles. The number of alkyl halides is 1. The van der Waals surface area contributed by atoms with E-state index in [1.807, 2.05) is 0 Å². The average Bonchev–Trinajstić information content (AvgIpc) is 2.15. The fourth-order valence-corrected chi connectivity index (χ4v) is 1.85. The molecule has 6 heteroatoms. The summed E-state index contributed by atoms with van der Waals surface area (Å²) in [5, 5.41) is 0. The molecule has 1 atom stereocenters. The van der Waals surface area contributed by atoms with Gasteiger partial charge in [0.2, 0.25) is 0 Å². The molecule has 1 rings (SSSR count). The van der Waals surface area contributed by atoms with Crippen molar-refractivity contribution in [3.05, 3.63) is 34.3 Å². The molecule has 1 unspecified atom stereocenters. The first-order valence-electron chi connectivity index (χ1n) is 3.95. The lowest BCUT2D eigenvalue weighted by Crippen LogP contribution is -2.23. The zero-order valence-electron chi connectivity index (χ0n) is 7.78. The van der Waals surface area contributed by atoms with E-state index in [0.717, 1.165) is 10.7 Å². The van der Waals surface area contributed by atoms with Gasteiger partial charge in [-0.1, -0.05) is 39.7 Å². The van der Waals surface area contributed by atoms with Crippen LogP contribution in [-0.4, -0.2) is 25.2 Å². The summed E-state index contributed by atoms with van der Waals surface area (Å²) in [6.07, 6.45) is 0.932. The number of benzene rings is 1. The molecule has 0 aliphatic carbocycles. The Labute approximate surface area is 101 Å². The summed E-state index contributed by atoms with van der Waals surface area (Å²) >= 11 is 8.74. The van der Waals surface area contributed by atoms with Crippen molar-refractivity contribution in [3.8, 4) is 0 Å². The van der Waals surface area contributed by atoms with Gasteiger partial charge in [0.15, 0.2) is 20.3 Å². The second-order valence-corrected chi connectivity index (χ2v) is 6.76. The van der Waals surface area contributed by atoms with Crippen LogP contribution in [-0.2, 0) is 9.84 Å². The van der Waals surface area contributed by atoms with E-state index in [2.05, 4.69) is 15.9 Å². The van der Waals surface area contributed by atoms with Crippen LogP contribution in [0.25, 0.3) is 0 Å². The molecule has 82 valence electrons. The maximum Gasteiger partial charge on any atom is 0.197 e. The van der Waals surface area contributed by atoms with Gasteiger partial charge in [0.1, 0.15) is 0 Å². The molecule has 1 aromatic rings. The molecule has 3 nitrogen and oxygen atoms in total. The van der Waals surface area contributed by atoms with Gasteiger partial charge >= 0.3 is 0 Å². The van der Waals surface area contributed by atoms with E-state index in [1.165, 1.54) is 12.1 Å². The smallest absolute Gasteiger partial charge is 0.197 e. The van der Waals surface area contributed by atoms with Crippen LogP contribution in [0.15, 0.2) is 28.7 Å². The molecule has 0 saturated heterocycles. The second-order valence-electron chi connectivity index (χ2n) is 3.02. The summed E-state index contributed by atoms with van der Waals surface area (Å²) in [4.78, 5) is 11.6. The number of hydrogen-bond acceptors (Lipinski definition) is 3. The number of carbonyl (C=O) groups is 1. The molecule has 0 radical (unpaired) electrons. The van der Waals surface area contributed by atoms with Crippen molar-refractivity contribution in [1.29, 1.82) is 0 Å². The zero-order chi connectivity index (χ0) is 11.6. The Morgan fingerprint density at radius 3 is 2.20 bits per heavy atom. The van der Waals surface area contributed by atoms with Crippen LogP contribution in [0.2, 0.25) is 0 Å². The Balaban J connectivity index is 3.01. The van der Waals surface area contributed by atoms with Crippen LogP contribution in [0.4, 0.5) is 0 Å². The number of halogens is 2. The van der Waals surface area contributed by atoms with E-state index >= 15 is 0 Å². The minimum Gasteiger partial charge on any atom is -0.291 e. The van der Waals surface area contributed by atoms with Gasteiger partial charge < -0.3 is 0 Å². The minimum atomic E-state index is -3.56. The standard InChI is InChI=1S/C9H8BrClO3S/c1-15(13,14)9(11)8(12)6-2-4-7(10)5-3-6/h2-5,9H,1H3. The largest absolute Gasteiger partial charge is 0.291 e. The molecule has 0 bridgehead atoms. The predicted molar refractivity (Wildman–Crippen MR) is 63.0 cm³/mol. The van der Waals surface area contributed by atoms with Crippen molar-refractivity contribution in [2.75, 3.05) is 6.26 Å².